The Kier molecular flexibility index (Phi) is 42.1. The summed E-state index contributed by atoms with van der Waals surface area (Å²) in [5.41, 5.74) is 16.9. The van der Waals surface area contributed by atoms with E-state index in [1.165, 1.54) is 93.8 Å². The zero-order chi connectivity index (χ0) is 99.8. The lowest BCUT2D eigenvalue weighted by atomic mass is 10.1. The predicted octanol–water partition coefficient (Wildman–Crippen LogP) is 12.1. The van der Waals surface area contributed by atoms with Crippen LogP contribution in [0.25, 0.3) is 90.8 Å². The maximum atomic E-state index is 12.0. The second-order valence-electron chi connectivity index (χ2n) is 34.3. The number of aromatic nitrogens is 22. The van der Waals surface area contributed by atoms with Crippen LogP contribution in [0.2, 0.25) is 0 Å². The summed E-state index contributed by atoms with van der Waals surface area (Å²) in [5.74, 6) is 0.591. The Balaban J connectivity index is 0.000000140. The van der Waals surface area contributed by atoms with E-state index in [2.05, 4.69) is 102 Å². The summed E-state index contributed by atoms with van der Waals surface area (Å²) in [6.45, 7) is 19.1. The van der Waals surface area contributed by atoms with Crippen LogP contribution >= 0.6 is 0 Å². The molecule has 0 bridgehead atoms. The third-order valence-electron chi connectivity index (χ3n) is 23.2. The van der Waals surface area contributed by atoms with Crippen molar-refractivity contribution >= 4 is 11.1 Å². The molecule has 2 N–H and O–H groups in total. The number of rotatable bonds is 33. The number of likely N-dealkylation sites (tertiary alicyclic amines) is 2. The first-order valence-electron chi connectivity index (χ1n) is 49.0. The molecule has 16 aromatic rings. The molecular weight excluding hydrogens is 1810 g/mol. The van der Waals surface area contributed by atoms with Gasteiger partial charge < -0.3 is 29.6 Å². The van der Waals surface area contributed by atoms with Crippen molar-refractivity contribution in [3.63, 3.8) is 0 Å². The Morgan fingerprint density at radius 3 is 0.839 bits per heavy atom. The summed E-state index contributed by atoms with van der Waals surface area (Å²) in [6.07, 6.45) is 26.8. The number of hydrogen-bond donors (Lipinski definition) is 1. The minimum Gasteiger partial charge on any atom is -0.441 e. The fourth-order valence-electron chi connectivity index (χ4n) is 15.7. The number of nitrogens with two attached hydrogens (primary N) is 1. The van der Waals surface area contributed by atoms with Gasteiger partial charge in [0, 0.05) is 151 Å². The number of benzene rings is 1. The molecule has 0 spiro atoms. The molecule has 15 aromatic heterocycles. The van der Waals surface area contributed by atoms with E-state index in [9.17, 15) is 33.6 Å². The first-order chi connectivity index (χ1) is 70.1. The van der Waals surface area contributed by atoms with E-state index in [4.69, 9.17) is 14.9 Å². The summed E-state index contributed by atoms with van der Waals surface area (Å²) < 4.78 is 21.5. The van der Waals surface area contributed by atoms with Crippen LogP contribution in [-0.4, -0.2) is 227 Å². The molecule has 3 fully saturated rings. The number of pyridine rings is 7. The van der Waals surface area contributed by atoms with E-state index in [0.29, 0.717) is 76.1 Å². The monoisotopic (exact) mass is 1930 g/mol. The van der Waals surface area contributed by atoms with Crippen molar-refractivity contribution in [2.75, 3.05) is 99.3 Å². The van der Waals surface area contributed by atoms with Gasteiger partial charge in [0.05, 0.1) is 59.6 Å². The molecule has 19 rings (SSSR count). The lowest BCUT2D eigenvalue weighted by molar-refractivity contribution is 0.0368. The van der Waals surface area contributed by atoms with Gasteiger partial charge in [-0.05, 0) is 270 Å². The summed E-state index contributed by atoms with van der Waals surface area (Å²) in [6, 6.07) is 70.0. The van der Waals surface area contributed by atoms with Crippen LogP contribution in [0, 0.1) is 0 Å². The number of piperidine rings is 1. The van der Waals surface area contributed by atoms with Gasteiger partial charge in [0.2, 0.25) is 0 Å². The molecule has 0 atom stereocenters. The molecule has 0 saturated carbocycles. The molecule has 1 aromatic carbocycles. The Hall–Kier alpha value is -15.3. The molecule has 143 heavy (non-hydrogen) atoms. The van der Waals surface area contributed by atoms with Crippen LogP contribution in [0.5, 0.6) is 0 Å². The van der Waals surface area contributed by atoms with E-state index in [0.717, 1.165) is 183 Å². The van der Waals surface area contributed by atoms with Crippen molar-refractivity contribution in [2.24, 2.45) is 5.73 Å². The second-order valence-corrected chi connectivity index (χ2v) is 34.3. The predicted molar refractivity (Wildman–Crippen MR) is 553 cm³/mol. The Morgan fingerprint density at radius 1 is 0.280 bits per heavy atom. The van der Waals surface area contributed by atoms with Crippen LogP contribution < -0.4 is 44.6 Å². The number of hydrogen-bond acceptors (Lipinski definition) is 29. The second kappa shape index (κ2) is 57.4. The lowest BCUT2D eigenvalue weighted by Gasteiger charge is -2.26. The number of fused-ring (bicyclic) bond motifs is 1. The first-order valence-corrected chi connectivity index (χ1v) is 49.0. The fraction of sp³-hybridized carbons (Fsp3) is 0.346. The van der Waals surface area contributed by atoms with E-state index < -0.39 is 0 Å². The van der Waals surface area contributed by atoms with Gasteiger partial charge >= 0.3 is 0 Å². The molecule has 742 valence electrons. The third-order valence-corrected chi connectivity index (χ3v) is 23.2. The highest BCUT2D eigenvalue weighted by Crippen LogP contribution is 2.21. The summed E-state index contributed by atoms with van der Waals surface area (Å²) in [5, 5.41) is 30.7. The fourth-order valence-corrected chi connectivity index (χ4v) is 15.7. The molecule has 0 aliphatic carbocycles. The van der Waals surface area contributed by atoms with Gasteiger partial charge in [-0.1, -0.05) is 80.8 Å². The molecular formula is C107H125N27O9. The van der Waals surface area contributed by atoms with Gasteiger partial charge in [0.1, 0.15) is 45.4 Å². The maximum absolute atomic E-state index is 12.0. The van der Waals surface area contributed by atoms with E-state index >= 15 is 0 Å². The Morgan fingerprint density at radius 2 is 0.552 bits per heavy atom. The molecule has 18 heterocycles. The average Bonchev–Trinajstić information content (AvgIpc) is 1.57. The molecule has 0 unspecified atom stereocenters. The SMILES string of the molecule is CCCCCn1nc(-c2ccccn2)ccc1=O.CN(C)CCCn1nc(-c2ccccn2)ccc1=O.NCCCn1nc(-c2ccccn2)ccc1=O.O=c1ccc(-c2ccccn2)nn1CCCN1CCCC1.O=c1ccc(-c2ccccn2)nn1CCCN1CCCCC1.O=c1ccc(-c2ccccn2)nn1CCCN1CCOCC1.O=c1ccc(-c2ccccn2)nn1CCc1nc2ccccc2o1. The molecule has 0 radical (unpaired) electrons. The number of nitrogens with zero attached hydrogens (tertiary/aromatic N) is 26. The van der Waals surface area contributed by atoms with Gasteiger partial charge in [-0.2, -0.15) is 35.7 Å². The number of ether oxygens (including phenoxy) is 1. The molecule has 3 aliphatic rings. The van der Waals surface area contributed by atoms with Crippen LogP contribution in [-0.2, 0) is 57.0 Å². The number of oxazole rings is 1. The van der Waals surface area contributed by atoms with Crippen molar-refractivity contribution in [3.05, 3.63) is 358 Å². The minimum absolute atomic E-state index is 0.0432. The highest BCUT2D eigenvalue weighted by molar-refractivity contribution is 5.72. The van der Waals surface area contributed by atoms with Crippen molar-refractivity contribution in [1.29, 1.82) is 0 Å². The van der Waals surface area contributed by atoms with Crippen LogP contribution in [0.15, 0.2) is 318 Å². The number of aryl methyl sites for hydroxylation is 8. The summed E-state index contributed by atoms with van der Waals surface area (Å²) >= 11 is 0. The Labute approximate surface area is 829 Å². The highest BCUT2D eigenvalue weighted by atomic mass is 16.5. The zero-order valence-corrected chi connectivity index (χ0v) is 81.5. The van der Waals surface area contributed by atoms with Gasteiger partial charge in [-0.15, -0.1) is 0 Å². The molecule has 3 saturated heterocycles. The van der Waals surface area contributed by atoms with E-state index in [1.807, 2.05) is 166 Å². The normalized spacial score (nSPS) is 13.0. The average molecular weight is 1930 g/mol. The van der Waals surface area contributed by atoms with Crippen LogP contribution in [0.4, 0.5) is 0 Å². The van der Waals surface area contributed by atoms with Gasteiger partial charge in [0.25, 0.3) is 38.9 Å². The van der Waals surface area contributed by atoms with E-state index in [-0.39, 0.29) is 38.9 Å². The van der Waals surface area contributed by atoms with Gasteiger partial charge in [0.15, 0.2) is 11.5 Å². The van der Waals surface area contributed by atoms with Gasteiger partial charge in [-0.25, -0.2) is 37.8 Å². The molecule has 36 nitrogen and oxygen atoms in total. The quantitative estimate of drug-likeness (QED) is 0.0373. The zero-order valence-electron chi connectivity index (χ0n) is 81.5. The number of para-hydroxylation sites is 2. The molecule has 0 amide bonds. The topological polar surface area (TPSA) is 409 Å². The van der Waals surface area contributed by atoms with Crippen LogP contribution in [0.3, 0.4) is 0 Å². The Bertz CT molecular complexity index is 6790. The van der Waals surface area contributed by atoms with Crippen molar-refractivity contribution in [2.45, 2.75) is 143 Å². The largest absolute Gasteiger partial charge is 0.441 e. The summed E-state index contributed by atoms with van der Waals surface area (Å²) in [4.78, 5) is 126. The number of unbranched alkanes of at least 4 members (excludes halogenated alkanes) is 2. The maximum Gasteiger partial charge on any atom is 0.266 e. The minimum atomic E-state index is -0.161. The van der Waals surface area contributed by atoms with Crippen molar-refractivity contribution in [3.8, 4) is 79.7 Å². The number of morpholine rings is 1. The smallest absolute Gasteiger partial charge is 0.266 e. The van der Waals surface area contributed by atoms with Gasteiger partial charge in [-0.3, -0.25) is 73.3 Å². The summed E-state index contributed by atoms with van der Waals surface area (Å²) in [7, 11) is 4.03. The molecule has 3 aliphatic heterocycles. The first kappa shape index (κ1) is 105. The standard InChI is InChI=1S/C18H14N4O2.C17H22N4O.C16H20N4O2.C16H20N4O.C14H18N4O.C14H17N3O.C12H14N4O/c23-18-9-8-14(13-5-3-4-11-19-13)21-22(18)12-10-17-20-15-6-1-2-7-16(15)24-17;22-17-9-8-16(15-7-2-3-10-18-15)19-21(17)14-6-13-20-11-4-1-5-12-20;21-16-6-5-15(14-4-1-2-7-17-14)18-20(16)9-3-8-19-10-12-22-13-11-19;21-16-8-7-15(14-6-1-2-9-17-14)18-20(16)13-5-12-19-10-3-4-11-19;1-17(2)10-5-11-18-14(19)8-7-13(16-18)12-6-3-4-9-15-12;1-2-3-6-11-17-14(18)9-8-13(16-17)12-7-4-5-10-15-12;13-7-3-9-16-12(17)6-5-11(15-16)10-4-1-2-8-14-10/h1-9,11H,10,12H2;2-3,7-10H,1,4-6,11-14H2;1-2,4-7H,3,8-13H2;1-2,6-9H,3-5,10-13H2;3-4,6-9H,5,10-11H2,1-2H3;4-5,7-10H,2-3,6,11H2,1H3;1-2,4-6,8H,3,7,9,13H2. The van der Waals surface area contributed by atoms with Crippen molar-refractivity contribution < 1.29 is 9.15 Å². The third kappa shape index (κ3) is 34.3. The highest BCUT2D eigenvalue weighted by Gasteiger charge is 2.18. The lowest BCUT2D eigenvalue weighted by Crippen LogP contribution is -2.37. The van der Waals surface area contributed by atoms with Crippen molar-refractivity contribution in [1.82, 2.24) is 128 Å². The molecule has 36 heteroatoms. The van der Waals surface area contributed by atoms with E-state index in [1.54, 1.807) is 126 Å². The van der Waals surface area contributed by atoms with Crippen LogP contribution in [0.1, 0.15) is 96.3 Å².